The van der Waals surface area contributed by atoms with Gasteiger partial charge < -0.3 is 9.15 Å². The largest absolute Gasteiger partial charge is 0.496 e. The molecule has 1 aromatic heterocycles. The van der Waals surface area contributed by atoms with Gasteiger partial charge in [-0.05, 0) is 29.8 Å². The average molecular weight is 240 g/mol. The number of hydrogen-bond acceptors (Lipinski definition) is 3. The minimum absolute atomic E-state index is 0.0267. The van der Waals surface area contributed by atoms with Crippen LogP contribution in [0.1, 0.15) is 21.7 Å². The number of furan rings is 1. The minimum Gasteiger partial charge on any atom is -0.496 e. The molecule has 0 bridgehead atoms. The molecule has 2 aromatic rings. The van der Waals surface area contributed by atoms with Crippen LogP contribution in [0.15, 0.2) is 46.6 Å². The van der Waals surface area contributed by atoms with Gasteiger partial charge in [0.2, 0.25) is 0 Å². The fraction of sp³-hybridized carbons (Fsp3) is 0.133. The van der Waals surface area contributed by atoms with Crippen molar-refractivity contribution in [1.29, 1.82) is 0 Å². The Kier molecular flexibility index (Phi) is 2.52. The molecule has 3 rings (SSSR count). The van der Waals surface area contributed by atoms with Crippen LogP contribution in [0.25, 0.3) is 6.08 Å². The van der Waals surface area contributed by atoms with Gasteiger partial charge in [-0.15, -0.1) is 0 Å². The lowest BCUT2D eigenvalue weighted by molar-refractivity contribution is 0.103. The van der Waals surface area contributed by atoms with Crippen LogP contribution < -0.4 is 4.74 Å². The molecule has 0 saturated heterocycles. The van der Waals surface area contributed by atoms with Crippen LogP contribution >= 0.6 is 0 Å². The summed E-state index contributed by atoms with van der Waals surface area (Å²) in [7, 11) is 1.58. The summed E-state index contributed by atoms with van der Waals surface area (Å²) in [5, 5.41) is 0. The van der Waals surface area contributed by atoms with Crippen molar-refractivity contribution in [2.75, 3.05) is 7.11 Å². The molecule has 0 radical (unpaired) electrons. The fourth-order valence-corrected chi connectivity index (χ4v) is 2.26. The second-order valence-electron chi connectivity index (χ2n) is 4.19. The van der Waals surface area contributed by atoms with E-state index in [0.717, 1.165) is 11.1 Å². The number of allylic oxidation sites excluding steroid dienone is 1. The van der Waals surface area contributed by atoms with Crippen molar-refractivity contribution in [2.45, 2.75) is 6.42 Å². The molecule has 1 heterocycles. The normalized spacial score (nSPS) is 16.1. The van der Waals surface area contributed by atoms with Gasteiger partial charge in [-0.2, -0.15) is 0 Å². The van der Waals surface area contributed by atoms with E-state index in [-0.39, 0.29) is 5.78 Å². The van der Waals surface area contributed by atoms with Crippen LogP contribution in [-0.4, -0.2) is 12.9 Å². The standard InChI is InChI=1S/C15H12O3/c1-17-13-6-2-4-10-8-11(15(16)14(10)13)9-12-5-3-7-18-12/h2-7,9H,8H2,1H3/b11-9-. The first kappa shape index (κ1) is 10.8. The molecule has 1 aliphatic carbocycles. The van der Waals surface area contributed by atoms with Gasteiger partial charge in [-0.3, -0.25) is 4.79 Å². The first-order chi connectivity index (χ1) is 8.79. The summed E-state index contributed by atoms with van der Waals surface area (Å²) < 4.78 is 10.5. The Morgan fingerprint density at radius 2 is 2.17 bits per heavy atom. The van der Waals surface area contributed by atoms with E-state index in [1.807, 2.05) is 24.3 Å². The minimum atomic E-state index is 0.0267. The lowest BCUT2D eigenvalue weighted by Gasteiger charge is -2.04. The molecule has 18 heavy (non-hydrogen) atoms. The van der Waals surface area contributed by atoms with Gasteiger partial charge >= 0.3 is 0 Å². The van der Waals surface area contributed by atoms with Crippen LogP contribution in [-0.2, 0) is 6.42 Å². The summed E-state index contributed by atoms with van der Waals surface area (Å²) in [6, 6.07) is 9.31. The van der Waals surface area contributed by atoms with E-state index < -0.39 is 0 Å². The molecular formula is C15H12O3. The van der Waals surface area contributed by atoms with E-state index in [1.54, 1.807) is 25.5 Å². The number of benzene rings is 1. The molecule has 90 valence electrons. The number of carbonyl (C=O) groups excluding carboxylic acids is 1. The second-order valence-corrected chi connectivity index (χ2v) is 4.19. The summed E-state index contributed by atoms with van der Waals surface area (Å²) in [5.41, 5.74) is 2.43. The van der Waals surface area contributed by atoms with E-state index >= 15 is 0 Å². The maximum atomic E-state index is 12.3. The number of ketones is 1. The number of fused-ring (bicyclic) bond motifs is 1. The van der Waals surface area contributed by atoms with E-state index in [2.05, 4.69) is 0 Å². The number of rotatable bonds is 2. The SMILES string of the molecule is COc1cccc2c1C(=O)/C(=C\c1ccco1)C2. The highest BCUT2D eigenvalue weighted by Crippen LogP contribution is 2.34. The van der Waals surface area contributed by atoms with Crippen LogP contribution in [0.2, 0.25) is 0 Å². The molecule has 3 heteroatoms. The van der Waals surface area contributed by atoms with Gasteiger partial charge in [-0.25, -0.2) is 0 Å². The molecule has 0 unspecified atom stereocenters. The number of ether oxygens (including phenoxy) is 1. The van der Waals surface area contributed by atoms with Crippen molar-refractivity contribution < 1.29 is 13.9 Å². The van der Waals surface area contributed by atoms with E-state index in [0.29, 0.717) is 23.5 Å². The Morgan fingerprint density at radius 3 is 2.89 bits per heavy atom. The number of hydrogen-bond donors (Lipinski definition) is 0. The second kappa shape index (κ2) is 4.18. The van der Waals surface area contributed by atoms with E-state index in [1.165, 1.54) is 0 Å². The van der Waals surface area contributed by atoms with Crippen molar-refractivity contribution in [1.82, 2.24) is 0 Å². The summed E-state index contributed by atoms with van der Waals surface area (Å²) >= 11 is 0. The van der Waals surface area contributed by atoms with E-state index in [9.17, 15) is 4.79 Å². The van der Waals surface area contributed by atoms with Crippen LogP contribution in [0.5, 0.6) is 5.75 Å². The summed E-state index contributed by atoms with van der Waals surface area (Å²) in [6.45, 7) is 0. The lowest BCUT2D eigenvalue weighted by atomic mass is 10.1. The Bertz CT molecular complexity index is 621. The fourth-order valence-electron chi connectivity index (χ4n) is 2.26. The monoisotopic (exact) mass is 240 g/mol. The van der Waals surface area contributed by atoms with Gasteiger partial charge in [0.25, 0.3) is 0 Å². The molecular weight excluding hydrogens is 228 g/mol. The average Bonchev–Trinajstić information content (AvgIpc) is 2.99. The molecule has 1 aromatic carbocycles. The van der Waals surface area contributed by atoms with Crippen molar-refractivity contribution >= 4 is 11.9 Å². The molecule has 0 fully saturated rings. The summed E-state index contributed by atoms with van der Waals surface area (Å²) in [6.07, 6.45) is 4.02. The van der Waals surface area contributed by atoms with Crippen molar-refractivity contribution in [3.8, 4) is 5.75 Å². The van der Waals surface area contributed by atoms with Crippen molar-refractivity contribution in [3.05, 3.63) is 59.1 Å². The summed E-state index contributed by atoms with van der Waals surface area (Å²) in [4.78, 5) is 12.3. The maximum absolute atomic E-state index is 12.3. The molecule has 0 spiro atoms. The highest BCUT2D eigenvalue weighted by molar-refractivity contribution is 6.17. The molecule has 3 nitrogen and oxygen atoms in total. The Morgan fingerprint density at radius 1 is 1.28 bits per heavy atom. The van der Waals surface area contributed by atoms with Crippen LogP contribution in [0, 0.1) is 0 Å². The highest BCUT2D eigenvalue weighted by atomic mass is 16.5. The first-order valence-corrected chi connectivity index (χ1v) is 5.74. The predicted molar refractivity (Wildman–Crippen MR) is 67.7 cm³/mol. The Labute approximate surface area is 105 Å². The Balaban J connectivity index is 2.04. The van der Waals surface area contributed by atoms with Gasteiger partial charge in [0.1, 0.15) is 11.5 Å². The predicted octanol–water partition coefficient (Wildman–Crippen LogP) is 3.11. The molecule has 0 saturated carbocycles. The highest BCUT2D eigenvalue weighted by Gasteiger charge is 2.28. The number of carbonyl (C=O) groups is 1. The smallest absolute Gasteiger partial charge is 0.193 e. The lowest BCUT2D eigenvalue weighted by Crippen LogP contribution is -1.98. The molecule has 0 atom stereocenters. The molecule has 0 aliphatic heterocycles. The zero-order chi connectivity index (χ0) is 12.5. The zero-order valence-corrected chi connectivity index (χ0v) is 9.97. The molecule has 0 amide bonds. The van der Waals surface area contributed by atoms with Gasteiger partial charge in [-0.1, -0.05) is 12.1 Å². The Hall–Kier alpha value is -2.29. The van der Waals surface area contributed by atoms with Gasteiger partial charge in [0, 0.05) is 12.0 Å². The van der Waals surface area contributed by atoms with Gasteiger partial charge in [0.15, 0.2) is 5.78 Å². The third kappa shape index (κ3) is 1.64. The number of Topliss-reactive ketones (excluding diaryl/α,β-unsaturated/α-hetero) is 1. The zero-order valence-electron chi connectivity index (χ0n) is 9.97. The van der Waals surface area contributed by atoms with Crippen molar-refractivity contribution in [3.63, 3.8) is 0 Å². The third-order valence-corrected chi connectivity index (χ3v) is 3.09. The van der Waals surface area contributed by atoms with Crippen molar-refractivity contribution in [2.24, 2.45) is 0 Å². The third-order valence-electron chi connectivity index (χ3n) is 3.09. The number of methoxy groups -OCH3 is 1. The molecule has 1 aliphatic rings. The molecule has 0 N–H and O–H groups in total. The van der Waals surface area contributed by atoms with Crippen LogP contribution in [0.3, 0.4) is 0 Å². The van der Waals surface area contributed by atoms with E-state index in [4.69, 9.17) is 9.15 Å². The van der Waals surface area contributed by atoms with Gasteiger partial charge in [0.05, 0.1) is 18.9 Å². The maximum Gasteiger partial charge on any atom is 0.193 e. The summed E-state index contributed by atoms with van der Waals surface area (Å²) in [5.74, 6) is 1.37. The first-order valence-electron chi connectivity index (χ1n) is 5.74. The quantitative estimate of drug-likeness (QED) is 0.757. The van der Waals surface area contributed by atoms with Crippen LogP contribution in [0.4, 0.5) is 0 Å². The topological polar surface area (TPSA) is 39.4 Å².